The molecule has 3 atom stereocenters. The lowest BCUT2D eigenvalue weighted by Gasteiger charge is -2.21. The molecule has 178 valence electrons. The predicted octanol–water partition coefficient (Wildman–Crippen LogP) is 2.04. The lowest BCUT2D eigenvalue weighted by atomic mass is 9.99. The Morgan fingerprint density at radius 2 is 1.97 bits per heavy atom. The lowest BCUT2D eigenvalue weighted by Crippen LogP contribution is -2.44. The van der Waals surface area contributed by atoms with Crippen LogP contribution in [0, 0.1) is 5.92 Å². The number of anilines is 2. The van der Waals surface area contributed by atoms with E-state index >= 15 is 0 Å². The van der Waals surface area contributed by atoms with Gasteiger partial charge in [-0.1, -0.05) is 17.2 Å². The summed E-state index contributed by atoms with van der Waals surface area (Å²) in [5, 5.41) is 13.3. The molecule has 1 amide bonds. The van der Waals surface area contributed by atoms with Gasteiger partial charge in [0.1, 0.15) is 0 Å². The Morgan fingerprint density at radius 1 is 1.21 bits per heavy atom. The number of aromatic nitrogens is 4. The van der Waals surface area contributed by atoms with E-state index in [0.29, 0.717) is 23.2 Å². The molecule has 1 unspecified atom stereocenters. The SMILES string of the molecule is CC(C)S(=O)(=O)c1ccc(-c2cnc(N)c(-c3nnc(NC(=O)[C@H]4N[C@H]5CCC4C5)o3)n2)cc1. The lowest BCUT2D eigenvalue weighted by molar-refractivity contribution is -0.119. The Morgan fingerprint density at radius 3 is 2.62 bits per heavy atom. The Bertz CT molecular complexity index is 1340. The number of benzene rings is 1. The van der Waals surface area contributed by atoms with Gasteiger partial charge in [0.25, 0.3) is 5.89 Å². The van der Waals surface area contributed by atoms with E-state index in [-0.39, 0.29) is 40.3 Å². The molecule has 2 fully saturated rings. The van der Waals surface area contributed by atoms with Gasteiger partial charge in [0.2, 0.25) is 5.91 Å². The molecule has 1 aliphatic heterocycles. The van der Waals surface area contributed by atoms with Crippen LogP contribution in [0.3, 0.4) is 0 Å². The number of piperidine rings is 1. The maximum atomic E-state index is 12.6. The number of carbonyl (C=O) groups excluding carboxylic acids is 1. The largest absolute Gasteiger partial charge is 0.401 e. The highest BCUT2D eigenvalue weighted by molar-refractivity contribution is 7.92. The summed E-state index contributed by atoms with van der Waals surface area (Å²) in [4.78, 5) is 21.5. The van der Waals surface area contributed by atoms with Crippen LogP contribution >= 0.6 is 0 Å². The van der Waals surface area contributed by atoms with Gasteiger partial charge >= 0.3 is 6.01 Å². The molecule has 12 heteroatoms. The van der Waals surface area contributed by atoms with Crippen molar-refractivity contribution in [1.29, 1.82) is 0 Å². The standard InChI is InChI=1S/C22H25N7O4S/c1-11(2)34(31,32)15-7-4-12(5-8-15)16-10-24-19(23)18(26-16)21-28-29-22(33-21)27-20(30)17-13-3-6-14(9-13)25-17/h4-5,7-8,10-11,13-14,17,25H,3,6,9H2,1-2H3,(H2,23,24)(H,27,29,30)/t13?,14-,17-/m0/s1. The van der Waals surface area contributed by atoms with Crippen LogP contribution in [0.15, 0.2) is 39.8 Å². The van der Waals surface area contributed by atoms with Gasteiger partial charge in [-0.2, -0.15) is 0 Å². The van der Waals surface area contributed by atoms with Crippen molar-refractivity contribution in [2.75, 3.05) is 11.1 Å². The normalized spacial score (nSPS) is 21.8. The molecule has 2 bridgehead atoms. The first-order chi connectivity index (χ1) is 16.2. The van der Waals surface area contributed by atoms with Crippen molar-refractivity contribution in [3.8, 4) is 22.8 Å². The van der Waals surface area contributed by atoms with Gasteiger partial charge in [0.05, 0.1) is 28.1 Å². The molecule has 34 heavy (non-hydrogen) atoms. The number of nitrogens with one attached hydrogen (secondary N) is 2. The van der Waals surface area contributed by atoms with E-state index in [9.17, 15) is 13.2 Å². The van der Waals surface area contributed by atoms with Crippen molar-refractivity contribution in [3.05, 3.63) is 30.5 Å². The van der Waals surface area contributed by atoms with Crippen LogP contribution in [0.2, 0.25) is 0 Å². The summed E-state index contributed by atoms with van der Waals surface area (Å²) >= 11 is 0. The number of nitrogen functional groups attached to an aromatic ring is 1. The van der Waals surface area contributed by atoms with E-state index in [1.807, 2.05) is 0 Å². The molecule has 1 saturated carbocycles. The van der Waals surface area contributed by atoms with Gasteiger partial charge in [-0.15, -0.1) is 5.10 Å². The summed E-state index contributed by atoms with van der Waals surface area (Å²) in [6.45, 7) is 3.27. The maximum Gasteiger partial charge on any atom is 0.322 e. The third-order valence-electron chi connectivity index (χ3n) is 6.40. The summed E-state index contributed by atoms with van der Waals surface area (Å²) in [5.74, 6) is 0.222. The zero-order valence-electron chi connectivity index (χ0n) is 18.7. The second kappa shape index (κ2) is 8.44. The van der Waals surface area contributed by atoms with Crippen LogP contribution in [0.1, 0.15) is 33.1 Å². The van der Waals surface area contributed by atoms with Crippen molar-refractivity contribution in [2.24, 2.45) is 5.92 Å². The fourth-order valence-corrected chi connectivity index (χ4v) is 5.55. The van der Waals surface area contributed by atoms with Crippen LogP contribution < -0.4 is 16.4 Å². The van der Waals surface area contributed by atoms with E-state index < -0.39 is 15.1 Å². The van der Waals surface area contributed by atoms with E-state index in [1.54, 1.807) is 26.0 Å². The van der Waals surface area contributed by atoms with Crippen LogP contribution in [-0.2, 0) is 14.6 Å². The molecule has 1 saturated heterocycles. The van der Waals surface area contributed by atoms with Crippen LogP contribution in [0.5, 0.6) is 0 Å². The fourth-order valence-electron chi connectivity index (χ4n) is 4.49. The molecule has 4 N–H and O–H groups in total. The van der Waals surface area contributed by atoms with Crippen LogP contribution in [0.25, 0.3) is 22.8 Å². The quantitative estimate of drug-likeness (QED) is 0.472. The van der Waals surface area contributed by atoms with E-state index in [1.165, 1.54) is 18.3 Å². The predicted molar refractivity (Wildman–Crippen MR) is 124 cm³/mol. The summed E-state index contributed by atoms with van der Waals surface area (Å²) < 4.78 is 30.3. The van der Waals surface area contributed by atoms with Gasteiger partial charge in [-0.05, 0) is 51.2 Å². The van der Waals surface area contributed by atoms with E-state index in [4.69, 9.17) is 10.2 Å². The highest BCUT2D eigenvalue weighted by Gasteiger charge is 2.43. The van der Waals surface area contributed by atoms with Crippen LogP contribution in [0.4, 0.5) is 11.8 Å². The topological polar surface area (TPSA) is 166 Å². The average Bonchev–Trinajstić information content (AvgIpc) is 3.57. The second-order valence-corrected chi connectivity index (χ2v) is 11.4. The number of amides is 1. The minimum Gasteiger partial charge on any atom is -0.401 e. The summed E-state index contributed by atoms with van der Waals surface area (Å²) in [7, 11) is -3.38. The van der Waals surface area contributed by atoms with Crippen molar-refractivity contribution in [3.63, 3.8) is 0 Å². The third kappa shape index (κ3) is 4.03. The smallest absolute Gasteiger partial charge is 0.322 e. The second-order valence-electron chi connectivity index (χ2n) is 8.92. The molecular formula is C22H25N7O4S. The molecule has 0 spiro atoms. The first-order valence-electron chi connectivity index (χ1n) is 11.1. The Balaban J connectivity index is 1.35. The fraction of sp³-hybridized carbons (Fsp3) is 0.409. The zero-order chi connectivity index (χ0) is 24.0. The van der Waals surface area contributed by atoms with E-state index in [2.05, 4.69) is 30.8 Å². The third-order valence-corrected chi connectivity index (χ3v) is 8.57. The first kappa shape index (κ1) is 22.4. The first-order valence-corrected chi connectivity index (χ1v) is 12.6. The molecule has 0 radical (unpaired) electrons. The number of fused-ring (bicyclic) bond motifs is 2. The molecule has 3 heterocycles. The van der Waals surface area contributed by atoms with Gasteiger partial charge in [0, 0.05) is 11.6 Å². The minimum atomic E-state index is -3.38. The molecule has 3 aromatic rings. The monoisotopic (exact) mass is 483 g/mol. The van der Waals surface area contributed by atoms with Gasteiger partial charge in [-0.3, -0.25) is 10.1 Å². The molecule has 2 aromatic heterocycles. The number of nitrogens with zero attached hydrogens (tertiary/aromatic N) is 4. The van der Waals surface area contributed by atoms with Crippen molar-refractivity contribution in [2.45, 2.75) is 55.3 Å². The Hall–Kier alpha value is -3.38. The van der Waals surface area contributed by atoms with Crippen LogP contribution in [-0.4, -0.2) is 51.8 Å². The molecule has 1 aliphatic carbocycles. The molecule has 2 aliphatic rings. The summed E-state index contributed by atoms with van der Waals surface area (Å²) in [5.41, 5.74) is 7.25. The van der Waals surface area contributed by atoms with Gasteiger partial charge in [-0.25, -0.2) is 18.4 Å². The molecular weight excluding hydrogens is 458 g/mol. The summed E-state index contributed by atoms with van der Waals surface area (Å²) in [6.07, 6.45) is 4.62. The zero-order valence-corrected chi connectivity index (χ0v) is 19.5. The average molecular weight is 484 g/mol. The number of carbonyl (C=O) groups is 1. The van der Waals surface area contributed by atoms with Crippen molar-refractivity contribution >= 4 is 27.6 Å². The number of sulfone groups is 1. The van der Waals surface area contributed by atoms with Crippen molar-refractivity contribution in [1.82, 2.24) is 25.5 Å². The highest BCUT2D eigenvalue weighted by Crippen LogP contribution is 2.35. The summed E-state index contributed by atoms with van der Waals surface area (Å²) in [6, 6.07) is 6.47. The molecule has 1 aromatic carbocycles. The Kier molecular flexibility index (Phi) is 5.56. The van der Waals surface area contributed by atoms with Gasteiger partial charge < -0.3 is 15.5 Å². The molecule has 11 nitrogen and oxygen atoms in total. The maximum absolute atomic E-state index is 12.6. The Labute approximate surface area is 196 Å². The number of rotatable bonds is 6. The van der Waals surface area contributed by atoms with Gasteiger partial charge in [0.15, 0.2) is 21.3 Å². The van der Waals surface area contributed by atoms with Crippen molar-refractivity contribution < 1.29 is 17.6 Å². The highest BCUT2D eigenvalue weighted by atomic mass is 32.2. The minimum absolute atomic E-state index is 0.0158. The number of hydrogen-bond acceptors (Lipinski definition) is 10. The molecule has 5 rings (SSSR count). The number of hydrogen-bond donors (Lipinski definition) is 3. The number of nitrogens with two attached hydrogens (primary N) is 1. The van der Waals surface area contributed by atoms with E-state index in [0.717, 1.165) is 19.3 Å².